The number of sulfone groups is 1. The Morgan fingerprint density at radius 1 is 1.11 bits per heavy atom. The van der Waals surface area contributed by atoms with Crippen LogP contribution >= 0.6 is 15.9 Å². The van der Waals surface area contributed by atoms with Gasteiger partial charge in [0.05, 0.1) is 11.5 Å². The average molecular weight is 362 g/mol. The normalized spacial score (nSPS) is 26.1. The van der Waals surface area contributed by atoms with E-state index in [0.29, 0.717) is 5.92 Å². The fraction of sp³-hybridized carbons (Fsp3) is 1.00. The van der Waals surface area contributed by atoms with Crippen molar-refractivity contribution >= 4 is 35.8 Å². The lowest BCUT2D eigenvalue weighted by Gasteiger charge is -2.30. The van der Waals surface area contributed by atoms with E-state index in [0.717, 1.165) is 37.3 Å². The molecule has 0 spiro atoms. The summed E-state index contributed by atoms with van der Waals surface area (Å²) in [4.78, 5) is 0. The standard InChI is InChI=1S/C10H20BrNO4S2/c1-17(13,14)6-7-18(15,16)12-10-5-3-2-4-9(10)8-11/h9-10,12H,2-8H2,1H3. The van der Waals surface area contributed by atoms with Crippen LogP contribution in [0.3, 0.4) is 0 Å². The van der Waals surface area contributed by atoms with Crippen molar-refractivity contribution in [2.45, 2.75) is 31.7 Å². The van der Waals surface area contributed by atoms with Crippen molar-refractivity contribution in [3.63, 3.8) is 0 Å². The number of alkyl halides is 1. The van der Waals surface area contributed by atoms with Gasteiger partial charge in [-0.3, -0.25) is 0 Å². The Morgan fingerprint density at radius 3 is 2.28 bits per heavy atom. The molecule has 1 aliphatic rings. The molecule has 0 heterocycles. The molecule has 0 bridgehead atoms. The fourth-order valence-electron chi connectivity index (χ4n) is 2.10. The molecule has 5 nitrogen and oxygen atoms in total. The van der Waals surface area contributed by atoms with Crippen LogP contribution in [-0.4, -0.2) is 46.0 Å². The molecule has 2 unspecified atom stereocenters. The summed E-state index contributed by atoms with van der Waals surface area (Å²) in [6, 6.07) is -0.0670. The molecule has 108 valence electrons. The van der Waals surface area contributed by atoms with Crippen LogP contribution in [0.2, 0.25) is 0 Å². The van der Waals surface area contributed by atoms with Crippen LogP contribution in [-0.2, 0) is 19.9 Å². The Morgan fingerprint density at radius 2 is 1.72 bits per heavy atom. The van der Waals surface area contributed by atoms with Crippen molar-refractivity contribution in [2.75, 3.05) is 23.1 Å². The van der Waals surface area contributed by atoms with Gasteiger partial charge < -0.3 is 0 Å². The molecular weight excluding hydrogens is 342 g/mol. The SMILES string of the molecule is CS(=O)(=O)CCS(=O)(=O)NC1CCCCC1CBr. The second-order valence-corrected chi connectivity index (χ2v) is 9.65. The maximum Gasteiger partial charge on any atom is 0.212 e. The molecule has 0 aliphatic heterocycles. The molecule has 18 heavy (non-hydrogen) atoms. The summed E-state index contributed by atoms with van der Waals surface area (Å²) >= 11 is 3.40. The second-order valence-electron chi connectivity index (χ2n) is 4.87. The number of halogens is 1. The van der Waals surface area contributed by atoms with Gasteiger partial charge in [-0.1, -0.05) is 28.8 Å². The summed E-state index contributed by atoms with van der Waals surface area (Å²) in [7, 11) is -6.75. The predicted octanol–water partition coefficient (Wildman–Crippen LogP) is 0.904. The zero-order valence-corrected chi connectivity index (χ0v) is 13.7. The number of hydrogen-bond acceptors (Lipinski definition) is 4. The Labute approximate surface area is 118 Å². The van der Waals surface area contributed by atoms with Crippen LogP contribution in [0, 0.1) is 5.92 Å². The zero-order chi connectivity index (χ0) is 13.8. The first-order valence-electron chi connectivity index (χ1n) is 5.97. The quantitative estimate of drug-likeness (QED) is 0.712. The number of sulfonamides is 1. The van der Waals surface area contributed by atoms with Crippen LogP contribution < -0.4 is 4.72 Å². The Balaban J connectivity index is 2.58. The first kappa shape index (κ1) is 16.4. The van der Waals surface area contributed by atoms with Crippen LogP contribution in [0.5, 0.6) is 0 Å². The third-order valence-corrected chi connectivity index (χ3v) is 6.60. The van der Waals surface area contributed by atoms with Gasteiger partial charge in [0.15, 0.2) is 0 Å². The van der Waals surface area contributed by atoms with Gasteiger partial charge in [0.1, 0.15) is 9.84 Å². The fourth-order valence-corrected chi connectivity index (χ4v) is 5.85. The van der Waals surface area contributed by atoms with Crippen molar-refractivity contribution in [3.05, 3.63) is 0 Å². The largest absolute Gasteiger partial charge is 0.229 e. The molecule has 1 fully saturated rings. The lowest BCUT2D eigenvalue weighted by atomic mass is 9.87. The van der Waals surface area contributed by atoms with Crippen molar-refractivity contribution in [1.29, 1.82) is 0 Å². The summed E-state index contributed by atoms with van der Waals surface area (Å²) in [6.07, 6.45) is 5.02. The van der Waals surface area contributed by atoms with E-state index >= 15 is 0 Å². The maximum absolute atomic E-state index is 11.8. The topological polar surface area (TPSA) is 80.3 Å². The molecule has 1 N–H and O–H groups in total. The Hall–Kier alpha value is 0.340. The van der Waals surface area contributed by atoms with Gasteiger partial charge in [0.25, 0.3) is 0 Å². The summed E-state index contributed by atoms with van der Waals surface area (Å²) < 4.78 is 48.3. The highest BCUT2D eigenvalue weighted by Gasteiger charge is 2.28. The van der Waals surface area contributed by atoms with E-state index in [1.165, 1.54) is 0 Å². The highest BCUT2D eigenvalue weighted by atomic mass is 79.9. The minimum absolute atomic E-state index is 0.0670. The summed E-state index contributed by atoms with van der Waals surface area (Å²) in [5, 5.41) is 0.770. The summed E-state index contributed by atoms with van der Waals surface area (Å²) in [5.74, 6) is -0.377. The lowest BCUT2D eigenvalue weighted by molar-refractivity contribution is 0.317. The van der Waals surface area contributed by atoms with Crippen molar-refractivity contribution < 1.29 is 16.8 Å². The lowest BCUT2D eigenvalue weighted by Crippen LogP contribution is -2.44. The molecule has 0 amide bonds. The maximum atomic E-state index is 11.8. The van der Waals surface area contributed by atoms with Crippen LogP contribution in [0.4, 0.5) is 0 Å². The van der Waals surface area contributed by atoms with E-state index in [-0.39, 0.29) is 17.5 Å². The van der Waals surface area contributed by atoms with E-state index in [9.17, 15) is 16.8 Å². The van der Waals surface area contributed by atoms with Gasteiger partial charge in [-0.05, 0) is 18.8 Å². The molecule has 8 heteroatoms. The van der Waals surface area contributed by atoms with Gasteiger partial charge >= 0.3 is 0 Å². The first-order valence-corrected chi connectivity index (χ1v) is 10.8. The molecule has 0 aromatic rings. The van der Waals surface area contributed by atoms with Gasteiger partial charge in [-0.2, -0.15) is 0 Å². The summed E-state index contributed by atoms with van der Waals surface area (Å²) in [5.41, 5.74) is 0. The minimum atomic E-state index is -3.51. The molecular formula is C10H20BrNO4S2. The van der Waals surface area contributed by atoms with E-state index in [1.807, 2.05) is 0 Å². The second kappa shape index (κ2) is 6.67. The third kappa shape index (κ3) is 5.99. The van der Waals surface area contributed by atoms with Crippen LogP contribution in [0.1, 0.15) is 25.7 Å². The summed E-state index contributed by atoms with van der Waals surface area (Å²) in [6.45, 7) is 0. The molecule has 2 atom stereocenters. The Kier molecular flexibility index (Phi) is 6.08. The number of hydrogen-bond donors (Lipinski definition) is 1. The highest BCUT2D eigenvalue weighted by molar-refractivity contribution is 9.09. The zero-order valence-electron chi connectivity index (χ0n) is 10.4. The molecule has 0 radical (unpaired) electrons. The number of nitrogens with one attached hydrogen (secondary N) is 1. The van der Waals surface area contributed by atoms with Crippen molar-refractivity contribution in [3.8, 4) is 0 Å². The smallest absolute Gasteiger partial charge is 0.212 e. The molecule has 1 aliphatic carbocycles. The monoisotopic (exact) mass is 361 g/mol. The van der Waals surface area contributed by atoms with Crippen LogP contribution in [0.15, 0.2) is 0 Å². The van der Waals surface area contributed by atoms with E-state index in [4.69, 9.17) is 0 Å². The van der Waals surface area contributed by atoms with Gasteiger partial charge in [0.2, 0.25) is 10.0 Å². The van der Waals surface area contributed by atoms with Gasteiger partial charge in [0, 0.05) is 17.6 Å². The van der Waals surface area contributed by atoms with Gasteiger partial charge in [-0.25, -0.2) is 21.6 Å². The van der Waals surface area contributed by atoms with E-state index < -0.39 is 19.9 Å². The molecule has 1 rings (SSSR count). The molecule has 0 aromatic heterocycles. The molecule has 0 saturated heterocycles. The predicted molar refractivity (Wildman–Crippen MR) is 76.2 cm³/mol. The minimum Gasteiger partial charge on any atom is -0.229 e. The van der Waals surface area contributed by atoms with E-state index in [1.54, 1.807) is 0 Å². The molecule has 0 aromatic carbocycles. The number of rotatable bonds is 6. The first-order chi connectivity index (χ1) is 8.23. The third-order valence-electron chi connectivity index (χ3n) is 3.16. The molecule has 1 saturated carbocycles. The van der Waals surface area contributed by atoms with Crippen molar-refractivity contribution in [1.82, 2.24) is 4.72 Å². The van der Waals surface area contributed by atoms with Gasteiger partial charge in [-0.15, -0.1) is 0 Å². The highest BCUT2D eigenvalue weighted by Crippen LogP contribution is 2.26. The average Bonchev–Trinajstić information content (AvgIpc) is 2.26. The Bertz CT molecular complexity index is 460. The van der Waals surface area contributed by atoms with Crippen LogP contribution in [0.25, 0.3) is 0 Å². The van der Waals surface area contributed by atoms with Crippen molar-refractivity contribution in [2.24, 2.45) is 5.92 Å². The van der Waals surface area contributed by atoms with E-state index in [2.05, 4.69) is 20.7 Å².